The first-order chi connectivity index (χ1) is 7.72. The SMILES string of the molecule is C#CCC(CC)NC(=O)C1CCCC1CN. The molecule has 16 heavy (non-hydrogen) atoms. The second-order valence-electron chi connectivity index (χ2n) is 4.56. The third-order valence-electron chi connectivity index (χ3n) is 3.50. The highest BCUT2D eigenvalue weighted by Crippen LogP contribution is 2.31. The first kappa shape index (κ1) is 13.1. The molecular weight excluding hydrogens is 200 g/mol. The first-order valence-electron chi connectivity index (χ1n) is 6.16. The van der Waals surface area contributed by atoms with Crippen LogP contribution < -0.4 is 11.1 Å². The molecule has 0 saturated heterocycles. The quantitative estimate of drug-likeness (QED) is 0.688. The second-order valence-corrected chi connectivity index (χ2v) is 4.56. The monoisotopic (exact) mass is 222 g/mol. The molecule has 3 N–H and O–H groups in total. The molecular formula is C13H22N2O. The highest BCUT2D eigenvalue weighted by molar-refractivity contribution is 5.79. The van der Waals surface area contributed by atoms with Gasteiger partial charge in [-0.1, -0.05) is 13.3 Å². The van der Waals surface area contributed by atoms with E-state index in [-0.39, 0.29) is 17.9 Å². The molecule has 3 unspecified atom stereocenters. The summed E-state index contributed by atoms with van der Waals surface area (Å²) in [5, 5.41) is 3.04. The van der Waals surface area contributed by atoms with Gasteiger partial charge in [-0.25, -0.2) is 0 Å². The van der Waals surface area contributed by atoms with Gasteiger partial charge < -0.3 is 11.1 Å². The van der Waals surface area contributed by atoms with Crippen molar-refractivity contribution in [2.75, 3.05) is 6.54 Å². The molecule has 0 heterocycles. The zero-order chi connectivity index (χ0) is 12.0. The van der Waals surface area contributed by atoms with Gasteiger partial charge in [0.2, 0.25) is 5.91 Å². The Balaban J connectivity index is 2.47. The lowest BCUT2D eigenvalue weighted by molar-refractivity contribution is -0.126. The molecule has 0 spiro atoms. The zero-order valence-corrected chi connectivity index (χ0v) is 10.0. The summed E-state index contributed by atoms with van der Waals surface area (Å²) in [7, 11) is 0. The molecule has 0 aromatic carbocycles. The molecule has 3 nitrogen and oxygen atoms in total. The van der Waals surface area contributed by atoms with E-state index in [1.54, 1.807) is 0 Å². The van der Waals surface area contributed by atoms with Crippen LogP contribution in [0.1, 0.15) is 39.0 Å². The summed E-state index contributed by atoms with van der Waals surface area (Å²) >= 11 is 0. The highest BCUT2D eigenvalue weighted by atomic mass is 16.2. The fraction of sp³-hybridized carbons (Fsp3) is 0.769. The number of nitrogens with two attached hydrogens (primary N) is 1. The van der Waals surface area contributed by atoms with Gasteiger partial charge in [-0.05, 0) is 31.7 Å². The van der Waals surface area contributed by atoms with Crippen molar-refractivity contribution in [3.63, 3.8) is 0 Å². The summed E-state index contributed by atoms with van der Waals surface area (Å²) < 4.78 is 0. The van der Waals surface area contributed by atoms with E-state index in [1.165, 1.54) is 0 Å². The summed E-state index contributed by atoms with van der Waals surface area (Å²) in [6.45, 7) is 2.65. The van der Waals surface area contributed by atoms with Gasteiger partial charge in [0.05, 0.1) is 0 Å². The van der Waals surface area contributed by atoms with E-state index in [0.717, 1.165) is 25.7 Å². The van der Waals surface area contributed by atoms with Crippen LogP contribution in [0.3, 0.4) is 0 Å². The number of carbonyl (C=O) groups excluding carboxylic acids is 1. The van der Waals surface area contributed by atoms with Crippen LogP contribution in [0.5, 0.6) is 0 Å². The van der Waals surface area contributed by atoms with Crippen molar-refractivity contribution >= 4 is 5.91 Å². The summed E-state index contributed by atoms with van der Waals surface area (Å²) in [6, 6.07) is 0.122. The zero-order valence-electron chi connectivity index (χ0n) is 10.0. The average Bonchev–Trinajstić information content (AvgIpc) is 2.76. The van der Waals surface area contributed by atoms with Crippen molar-refractivity contribution < 1.29 is 4.79 Å². The second kappa shape index (κ2) is 6.55. The smallest absolute Gasteiger partial charge is 0.223 e. The fourth-order valence-electron chi connectivity index (χ4n) is 2.41. The summed E-state index contributed by atoms with van der Waals surface area (Å²) in [5.74, 6) is 3.22. The predicted octanol–water partition coefficient (Wildman–Crippen LogP) is 1.28. The van der Waals surface area contributed by atoms with Gasteiger partial charge >= 0.3 is 0 Å². The summed E-state index contributed by atoms with van der Waals surface area (Å²) in [4.78, 5) is 12.0. The number of nitrogens with one attached hydrogen (secondary N) is 1. The van der Waals surface area contributed by atoms with E-state index < -0.39 is 0 Å². The van der Waals surface area contributed by atoms with Crippen molar-refractivity contribution in [2.24, 2.45) is 17.6 Å². The first-order valence-corrected chi connectivity index (χ1v) is 6.16. The van der Waals surface area contributed by atoms with E-state index in [4.69, 9.17) is 12.2 Å². The maximum absolute atomic E-state index is 12.0. The Labute approximate surface area is 98.2 Å². The Bertz CT molecular complexity index is 270. The number of hydrogen-bond acceptors (Lipinski definition) is 2. The molecule has 0 radical (unpaired) electrons. The van der Waals surface area contributed by atoms with Gasteiger partial charge in [0.25, 0.3) is 0 Å². The molecule has 1 aliphatic rings. The van der Waals surface area contributed by atoms with Gasteiger partial charge in [-0.2, -0.15) is 0 Å². The lowest BCUT2D eigenvalue weighted by atomic mass is 9.95. The maximum Gasteiger partial charge on any atom is 0.223 e. The van der Waals surface area contributed by atoms with Crippen LogP contribution in [0.15, 0.2) is 0 Å². The van der Waals surface area contributed by atoms with E-state index in [9.17, 15) is 4.79 Å². The van der Waals surface area contributed by atoms with E-state index in [2.05, 4.69) is 11.2 Å². The molecule has 3 atom stereocenters. The van der Waals surface area contributed by atoms with Crippen molar-refractivity contribution in [2.45, 2.75) is 45.1 Å². The lowest BCUT2D eigenvalue weighted by Crippen LogP contribution is -2.40. The topological polar surface area (TPSA) is 55.1 Å². The van der Waals surface area contributed by atoms with Crippen LogP contribution in [0, 0.1) is 24.2 Å². The minimum Gasteiger partial charge on any atom is -0.352 e. The normalized spacial score (nSPS) is 26.1. The van der Waals surface area contributed by atoms with Crippen LogP contribution >= 0.6 is 0 Å². The van der Waals surface area contributed by atoms with Gasteiger partial charge in [0.15, 0.2) is 0 Å². The summed E-state index contributed by atoms with van der Waals surface area (Å²) in [6.07, 6.45) is 9.94. The lowest BCUT2D eigenvalue weighted by Gasteiger charge is -2.21. The van der Waals surface area contributed by atoms with Gasteiger partial charge in [0.1, 0.15) is 0 Å². The number of amides is 1. The Hall–Kier alpha value is -1.01. The minimum absolute atomic E-state index is 0.108. The van der Waals surface area contributed by atoms with Crippen LogP contribution in [-0.2, 0) is 4.79 Å². The standard InChI is InChI=1S/C13H22N2O/c1-3-6-11(4-2)15-13(16)12-8-5-7-10(12)9-14/h1,10-12H,4-9,14H2,2H3,(H,15,16). The summed E-state index contributed by atoms with van der Waals surface area (Å²) in [5.41, 5.74) is 5.67. The molecule has 3 heteroatoms. The minimum atomic E-state index is 0.108. The van der Waals surface area contributed by atoms with Crippen LogP contribution in [0.4, 0.5) is 0 Å². The molecule has 1 aliphatic carbocycles. The molecule has 90 valence electrons. The third kappa shape index (κ3) is 3.24. The van der Waals surface area contributed by atoms with Gasteiger partial charge in [-0.15, -0.1) is 12.3 Å². The van der Waals surface area contributed by atoms with Gasteiger partial charge in [-0.3, -0.25) is 4.79 Å². The predicted molar refractivity (Wildman–Crippen MR) is 65.6 cm³/mol. The largest absolute Gasteiger partial charge is 0.352 e. The van der Waals surface area contributed by atoms with E-state index >= 15 is 0 Å². The number of hydrogen-bond donors (Lipinski definition) is 2. The Morgan fingerprint density at radius 2 is 2.38 bits per heavy atom. The molecule has 0 aromatic heterocycles. The maximum atomic E-state index is 12.0. The number of carbonyl (C=O) groups is 1. The van der Waals surface area contributed by atoms with E-state index in [0.29, 0.717) is 18.9 Å². The molecule has 1 rings (SSSR count). The molecule has 0 aromatic rings. The van der Waals surface area contributed by atoms with Gasteiger partial charge in [0, 0.05) is 18.4 Å². The van der Waals surface area contributed by atoms with Crippen molar-refractivity contribution in [3.05, 3.63) is 0 Å². The molecule has 1 saturated carbocycles. The number of rotatable bonds is 5. The van der Waals surface area contributed by atoms with E-state index in [1.807, 2.05) is 6.92 Å². The van der Waals surface area contributed by atoms with Crippen LogP contribution in [0.25, 0.3) is 0 Å². The van der Waals surface area contributed by atoms with Crippen molar-refractivity contribution in [3.8, 4) is 12.3 Å². The number of terminal acetylenes is 1. The van der Waals surface area contributed by atoms with Crippen molar-refractivity contribution in [1.82, 2.24) is 5.32 Å². The third-order valence-corrected chi connectivity index (χ3v) is 3.50. The molecule has 0 aliphatic heterocycles. The van der Waals surface area contributed by atoms with Crippen molar-refractivity contribution in [1.29, 1.82) is 0 Å². The highest BCUT2D eigenvalue weighted by Gasteiger charge is 2.32. The van der Waals surface area contributed by atoms with Crippen LogP contribution in [-0.4, -0.2) is 18.5 Å². The Morgan fingerprint density at radius 1 is 1.62 bits per heavy atom. The Morgan fingerprint density at radius 3 is 2.94 bits per heavy atom. The Kier molecular flexibility index (Phi) is 5.34. The van der Waals surface area contributed by atoms with Crippen LogP contribution in [0.2, 0.25) is 0 Å². The molecule has 1 fully saturated rings. The fourth-order valence-corrected chi connectivity index (χ4v) is 2.41. The average molecular weight is 222 g/mol. The molecule has 0 bridgehead atoms. The molecule has 1 amide bonds.